The Morgan fingerprint density at radius 2 is 1.94 bits per heavy atom. The predicted molar refractivity (Wildman–Crippen MR) is 63.3 cm³/mol. The smallest absolute Gasteiger partial charge is 0.229 e. The third-order valence-corrected chi connectivity index (χ3v) is 2.83. The Morgan fingerprint density at radius 1 is 1.31 bits per heavy atom. The molecular formula is C9H16ClN5O. The van der Waals surface area contributed by atoms with Gasteiger partial charge in [0.05, 0.1) is 12.1 Å². The molecule has 1 aromatic heterocycles. The second-order valence-electron chi connectivity index (χ2n) is 3.56. The van der Waals surface area contributed by atoms with Gasteiger partial charge in [-0.2, -0.15) is 15.0 Å². The van der Waals surface area contributed by atoms with Gasteiger partial charge in [0.25, 0.3) is 0 Å². The maximum absolute atomic E-state index is 9.38. The third kappa shape index (κ3) is 2.93. The molecule has 0 fully saturated rings. The van der Waals surface area contributed by atoms with Crippen molar-refractivity contribution in [2.45, 2.75) is 32.2 Å². The largest absolute Gasteiger partial charge is 0.394 e. The monoisotopic (exact) mass is 245 g/mol. The number of nitrogens with two attached hydrogens (primary N) is 1. The van der Waals surface area contributed by atoms with Crippen molar-refractivity contribution < 1.29 is 5.11 Å². The molecule has 90 valence electrons. The highest BCUT2D eigenvalue weighted by atomic mass is 35.5. The minimum atomic E-state index is -0.447. The molecule has 0 atom stereocenters. The summed E-state index contributed by atoms with van der Waals surface area (Å²) >= 11 is 5.66. The van der Waals surface area contributed by atoms with Gasteiger partial charge in [-0.3, -0.25) is 0 Å². The van der Waals surface area contributed by atoms with Crippen LogP contribution in [0, 0.1) is 0 Å². The number of aromatic nitrogens is 3. The average Bonchev–Trinajstić information content (AvgIpc) is 2.25. The Bertz CT molecular complexity index is 327. The van der Waals surface area contributed by atoms with Crippen LogP contribution in [0.25, 0.3) is 0 Å². The number of nitrogen functional groups attached to an aromatic ring is 1. The lowest BCUT2D eigenvalue weighted by Gasteiger charge is -2.30. The minimum absolute atomic E-state index is 0.0107. The second kappa shape index (κ2) is 5.27. The van der Waals surface area contributed by atoms with Gasteiger partial charge < -0.3 is 16.2 Å². The summed E-state index contributed by atoms with van der Waals surface area (Å²) < 4.78 is 0. The maximum atomic E-state index is 9.38. The highest BCUT2D eigenvalue weighted by Gasteiger charge is 2.26. The zero-order valence-electron chi connectivity index (χ0n) is 9.37. The third-order valence-electron chi connectivity index (χ3n) is 2.66. The molecule has 0 spiro atoms. The summed E-state index contributed by atoms with van der Waals surface area (Å²) in [5, 5.41) is 12.5. The lowest BCUT2D eigenvalue weighted by atomic mass is 9.94. The number of nitrogens with zero attached hydrogens (tertiary/aromatic N) is 3. The van der Waals surface area contributed by atoms with Crippen LogP contribution < -0.4 is 11.1 Å². The fourth-order valence-electron chi connectivity index (χ4n) is 1.35. The first-order valence-electron chi connectivity index (χ1n) is 5.11. The summed E-state index contributed by atoms with van der Waals surface area (Å²) in [5.74, 6) is 0.344. The van der Waals surface area contributed by atoms with E-state index in [1.165, 1.54) is 0 Å². The SMILES string of the molecule is CCC(CC)(CO)Nc1nc(N)nc(Cl)n1. The van der Waals surface area contributed by atoms with Crippen LogP contribution in [-0.4, -0.2) is 32.2 Å². The van der Waals surface area contributed by atoms with Gasteiger partial charge >= 0.3 is 0 Å². The van der Waals surface area contributed by atoms with Gasteiger partial charge in [0.2, 0.25) is 17.2 Å². The van der Waals surface area contributed by atoms with E-state index in [1.54, 1.807) is 0 Å². The Morgan fingerprint density at radius 3 is 2.38 bits per heavy atom. The van der Waals surface area contributed by atoms with E-state index in [4.69, 9.17) is 17.3 Å². The first kappa shape index (κ1) is 12.9. The molecule has 16 heavy (non-hydrogen) atoms. The number of halogens is 1. The molecule has 0 aliphatic rings. The summed E-state index contributed by atoms with van der Waals surface area (Å²) in [6.07, 6.45) is 1.48. The normalized spacial score (nSPS) is 11.5. The van der Waals surface area contributed by atoms with Gasteiger partial charge in [0, 0.05) is 0 Å². The maximum Gasteiger partial charge on any atom is 0.229 e. The minimum Gasteiger partial charge on any atom is -0.394 e. The molecule has 1 rings (SSSR count). The van der Waals surface area contributed by atoms with Crippen molar-refractivity contribution in [3.05, 3.63) is 5.28 Å². The van der Waals surface area contributed by atoms with Crippen LogP contribution >= 0.6 is 11.6 Å². The molecule has 0 radical (unpaired) electrons. The zero-order valence-corrected chi connectivity index (χ0v) is 10.1. The van der Waals surface area contributed by atoms with Gasteiger partial charge in [0.1, 0.15) is 0 Å². The molecule has 0 aliphatic carbocycles. The number of aliphatic hydroxyl groups is 1. The van der Waals surface area contributed by atoms with Crippen molar-refractivity contribution in [1.29, 1.82) is 0 Å². The molecule has 0 aromatic carbocycles. The first-order chi connectivity index (χ1) is 7.55. The number of nitrogens with one attached hydrogen (secondary N) is 1. The number of aliphatic hydroxyl groups excluding tert-OH is 1. The number of hydrogen-bond acceptors (Lipinski definition) is 6. The van der Waals surface area contributed by atoms with Crippen LogP contribution in [0.2, 0.25) is 5.28 Å². The van der Waals surface area contributed by atoms with E-state index in [2.05, 4.69) is 20.3 Å². The molecule has 1 heterocycles. The van der Waals surface area contributed by atoms with Crippen LogP contribution in [0.15, 0.2) is 0 Å². The molecular weight excluding hydrogens is 230 g/mol. The summed E-state index contributed by atoms with van der Waals surface area (Å²) in [4.78, 5) is 11.5. The fraction of sp³-hybridized carbons (Fsp3) is 0.667. The van der Waals surface area contributed by atoms with Crippen molar-refractivity contribution in [2.24, 2.45) is 0 Å². The lowest BCUT2D eigenvalue weighted by molar-refractivity contribution is 0.201. The summed E-state index contributed by atoms with van der Waals surface area (Å²) in [6.45, 7) is 3.93. The zero-order chi connectivity index (χ0) is 12.2. The topological polar surface area (TPSA) is 97.0 Å². The summed E-state index contributed by atoms with van der Waals surface area (Å²) in [7, 11) is 0. The average molecular weight is 246 g/mol. The molecule has 0 bridgehead atoms. The van der Waals surface area contributed by atoms with E-state index in [9.17, 15) is 5.11 Å². The van der Waals surface area contributed by atoms with Crippen molar-refractivity contribution in [3.63, 3.8) is 0 Å². The van der Waals surface area contributed by atoms with E-state index in [0.717, 1.165) is 12.8 Å². The molecule has 0 unspecified atom stereocenters. The lowest BCUT2D eigenvalue weighted by Crippen LogP contribution is -2.41. The molecule has 0 aliphatic heterocycles. The van der Waals surface area contributed by atoms with E-state index in [-0.39, 0.29) is 23.8 Å². The van der Waals surface area contributed by atoms with Gasteiger partial charge in [0.15, 0.2) is 0 Å². The standard InChI is InChI=1S/C9H16ClN5O/c1-3-9(4-2,5-16)15-8-13-6(10)12-7(11)14-8/h16H,3-5H2,1-2H3,(H3,11,12,13,14,15). The van der Waals surface area contributed by atoms with E-state index >= 15 is 0 Å². The van der Waals surface area contributed by atoms with Crippen molar-refractivity contribution in [3.8, 4) is 0 Å². The van der Waals surface area contributed by atoms with E-state index in [0.29, 0.717) is 0 Å². The van der Waals surface area contributed by atoms with E-state index < -0.39 is 5.54 Å². The Kier molecular flexibility index (Phi) is 4.26. The van der Waals surface area contributed by atoms with Gasteiger partial charge in [-0.15, -0.1) is 0 Å². The van der Waals surface area contributed by atoms with Gasteiger partial charge in [-0.05, 0) is 24.4 Å². The molecule has 4 N–H and O–H groups in total. The molecule has 1 aromatic rings. The number of hydrogen-bond donors (Lipinski definition) is 3. The summed E-state index contributed by atoms with van der Waals surface area (Å²) in [5.41, 5.74) is 5.01. The van der Waals surface area contributed by atoms with Crippen molar-refractivity contribution in [2.75, 3.05) is 17.7 Å². The Hall–Kier alpha value is -1.14. The molecule has 0 amide bonds. The van der Waals surface area contributed by atoms with Crippen LogP contribution in [0.4, 0.5) is 11.9 Å². The van der Waals surface area contributed by atoms with Crippen molar-refractivity contribution in [1.82, 2.24) is 15.0 Å². The van der Waals surface area contributed by atoms with E-state index in [1.807, 2.05) is 13.8 Å². The molecule has 0 saturated carbocycles. The Labute approximate surface area is 99.3 Å². The molecule has 6 nitrogen and oxygen atoms in total. The van der Waals surface area contributed by atoms with Crippen LogP contribution in [-0.2, 0) is 0 Å². The van der Waals surface area contributed by atoms with Crippen LogP contribution in [0.3, 0.4) is 0 Å². The van der Waals surface area contributed by atoms with Crippen LogP contribution in [0.5, 0.6) is 0 Å². The first-order valence-corrected chi connectivity index (χ1v) is 5.49. The summed E-state index contributed by atoms with van der Waals surface area (Å²) in [6, 6.07) is 0. The highest BCUT2D eigenvalue weighted by Crippen LogP contribution is 2.20. The van der Waals surface area contributed by atoms with Gasteiger partial charge in [-0.1, -0.05) is 13.8 Å². The number of rotatable bonds is 5. The van der Waals surface area contributed by atoms with Crippen LogP contribution in [0.1, 0.15) is 26.7 Å². The second-order valence-corrected chi connectivity index (χ2v) is 3.89. The Balaban J connectivity index is 2.93. The highest BCUT2D eigenvalue weighted by molar-refractivity contribution is 6.28. The fourth-order valence-corrected chi connectivity index (χ4v) is 1.52. The quantitative estimate of drug-likeness (QED) is 0.718. The molecule has 0 saturated heterocycles. The predicted octanol–water partition coefficient (Wildman–Crippen LogP) is 1.07. The van der Waals surface area contributed by atoms with Crippen molar-refractivity contribution >= 4 is 23.5 Å². The molecule has 7 heteroatoms. The van der Waals surface area contributed by atoms with Gasteiger partial charge in [-0.25, -0.2) is 0 Å². The number of anilines is 2.